The van der Waals surface area contributed by atoms with Gasteiger partial charge in [0.2, 0.25) is 10.0 Å². The van der Waals surface area contributed by atoms with Crippen molar-refractivity contribution >= 4 is 27.3 Å². The van der Waals surface area contributed by atoms with Crippen molar-refractivity contribution in [3.63, 3.8) is 0 Å². The van der Waals surface area contributed by atoms with E-state index in [1.807, 2.05) is 0 Å². The van der Waals surface area contributed by atoms with Gasteiger partial charge < -0.3 is 5.32 Å². The number of benzene rings is 1. The van der Waals surface area contributed by atoms with Crippen LogP contribution in [-0.2, 0) is 10.0 Å². The van der Waals surface area contributed by atoms with E-state index in [9.17, 15) is 26.4 Å². The first kappa shape index (κ1) is 17.4. The van der Waals surface area contributed by atoms with Crippen LogP contribution in [0.3, 0.4) is 0 Å². The quantitative estimate of drug-likeness (QED) is 0.607. The van der Waals surface area contributed by atoms with E-state index in [4.69, 9.17) is 0 Å². The Hall–Kier alpha value is -1.91. The highest BCUT2D eigenvalue weighted by Gasteiger charge is 2.19. The number of thiophene rings is 1. The molecule has 124 valence electrons. The third-order valence-electron chi connectivity index (χ3n) is 2.74. The van der Waals surface area contributed by atoms with Gasteiger partial charge in [-0.25, -0.2) is 26.3 Å². The number of carbonyl (C=O) groups excluding carboxylic acids is 1. The van der Waals surface area contributed by atoms with Crippen LogP contribution in [0.5, 0.6) is 0 Å². The van der Waals surface area contributed by atoms with Gasteiger partial charge in [-0.2, -0.15) is 0 Å². The summed E-state index contributed by atoms with van der Waals surface area (Å²) in [6, 6.07) is 4.43. The minimum absolute atomic E-state index is 0.121. The Bertz CT molecular complexity index is 808. The highest BCUT2D eigenvalue weighted by atomic mass is 32.2. The number of rotatable bonds is 6. The van der Waals surface area contributed by atoms with Crippen molar-refractivity contribution in [2.75, 3.05) is 13.1 Å². The fraction of sp³-hybridized carbons (Fsp3) is 0.154. The third kappa shape index (κ3) is 4.09. The third-order valence-corrected chi connectivity index (χ3v) is 5.60. The maximum absolute atomic E-state index is 13.4. The van der Waals surface area contributed by atoms with Crippen LogP contribution >= 0.6 is 11.3 Å². The van der Waals surface area contributed by atoms with E-state index in [2.05, 4.69) is 10.0 Å². The molecule has 1 aromatic carbocycles. The predicted molar refractivity (Wildman–Crippen MR) is 78.2 cm³/mol. The zero-order valence-corrected chi connectivity index (χ0v) is 13.1. The van der Waals surface area contributed by atoms with Gasteiger partial charge in [-0.15, -0.1) is 11.3 Å². The molecule has 0 fully saturated rings. The lowest BCUT2D eigenvalue weighted by Crippen LogP contribution is -2.34. The first-order valence-electron chi connectivity index (χ1n) is 6.28. The van der Waals surface area contributed by atoms with E-state index in [0.29, 0.717) is 6.07 Å². The molecule has 0 unspecified atom stereocenters. The maximum atomic E-state index is 13.4. The van der Waals surface area contributed by atoms with E-state index < -0.39 is 38.9 Å². The number of nitrogens with one attached hydrogen (secondary N) is 2. The van der Waals surface area contributed by atoms with Crippen LogP contribution in [0.2, 0.25) is 0 Å². The summed E-state index contributed by atoms with van der Waals surface area (Å²) in [5.74, 6) is -5.71. The van der Waals surface area contributed by atoms with Crippen molar-refractivity contribution in [2.24, 2.45) is 0 Å². The molecule has 1 heterocycles. The molecule has 2 aromatic rings. The summed E-state index contributed by atoms with van der Waals surface area (Å²) in [6.07, 6.45) is 0. The van der Waals surface area contributed by atoms with Gasteiger partial charge in [-0.05, 0) is 23.6 Å². The Labute approximate surface area is 134 Å². The lowest BCUT2D eigenvalue weighted by atomic mass is 10.2. The Morgan fingerprint density at radius 2 is 1.83 bits per heavy atom. The SMILES string of the molecule is O=C(NCCNS(=O)(=O)c1cccs1)c1ccc(F)c(F)c1F. The van der Waals surface area contributed by atoms with E-state index in [0.717, 1.165) is 17.4 Å². The van der Waals surface area contributed by atoms with Crippen molar-refractivity contribution in [3.8, 4) is 0 Å². The summed E-state index contributed by atoms with van der Waals surface area (Å²) < 4.78 is 65.1. The number of hydrogen-bond donors (Lipinski definition) is 2. The molecule has 0 radical (unpaired) electrons. The molecule has 1 amide bonds. The van der Waals surface area contributed by atoms with Gasteiger partial charge in [0.15, 0.2) is 17.5 Å². The molecule has 1 aromatic heterocycles. The van der Waals surface area contributed by atoms with Crippen LogP contribution in [0.1, 0.15) is 10.4 Å². The van der Waals surface area contributed by atoms with Crippen LogP contribution in [0.15, 0.2) is 33.9 Å². The summed E-state index contributed by atoms with van der Waals surface area (Å²) >= 11 is 1.03. The second-order valence-electron chi connectivity index (χ2n) is 4.31. The summed E-state index contributed by atoms with van der Waals surface area (Å²) in [6.45, 7) is -0.293. The summed E-state index contributed by atoms with van der Waals surface area (Å²) in [5, 5.41) is 3.81. The minimum Gasteiger partial charge on any atom is -0.351 e. The highest BCUT2D eigenvalue weighted by molar-refractivity contribution is 7.91. The van der Waals surface area contributed by atoms with E-state index in [-0.39, 0.29) is 17.3 Å². The van der Waals surface area contributed by atoms with Crippen LogP contribution in [0, 0.1) is 17.5 Å². The predicted octanol–water partition coefficient (Wildman–Crippen LogP) is 1.87. The molecule has 0 aliphatic heterocycles. The number of amides is 1. The van der Waals surface area contributed by atoms with Gasteiger partial charge in [-0.3, -0.25) is 4.79 Å². The van der Waals surface area contributed by atoms with Gasteiger partial charge in [0.05, 0.1) is 5.56 Å². The molecule has 0 aliphatic rings. The highest BCUT2D eigenvalue weighted by Crippen LogP contribution is 2.15. The van der Waals surface area contributed by atoms with Gasteiger partial charge in [0.1, 0.15) is 4.21 Å². The molecule has 0 spiro atoms. The van der Waals surface area contributed by atoms with Crippen LogP contribution in [-0.4, -0.2) is 27.4 Å². The van der Waals surface area contributed by atoms with E-state index in [1.165, 1.54) is 6.07 Å². The molecule has 2 rings (SSSR count). The minimum atomic E-state index is -3.67. The average Bonchev–Trinajstić information content (AvgIpc) is 3.04. The Morgan fingerprint density at radius 1 is 1.09 bits per heavy atom. The molecular weight excluding hydrogens is 353 g/mol. The van der Waals surface area contributed by atoms with Gasteiger partial charge >= 0.3 is 0 Å². The van der Waals surface area contributed by atoms with Gasteiger partial charge in [0.25, 0.3) is 5.91 Å². The van der Waals surface area contributed by atoms with E-state index in [1.54, 1.807) is 11.4 Å². The number of halogens is 3. The molecule has 2 N–H and O–H groups in total. The van der Waals surface area contributed by atoms with Gasteiger partial charge in [0, 0.05) is 13.1 Å². The lowest BCUT2D eigenvalue weighted by Gasteiger charge is -2.08. The monoisotopic (exact) mass is 364 g/mol. The Morgan fingerprint density at radius 3 is 2.48 bits per heavy atom. The summed E-state index contributed by atoms with van der Waals surface area (Å²) in [5.41, 5.74) is -0.662. The molecule has 0 bridgehead atoms. The Kier molecular flexibility index (Phi) is 5.39. The molecule has 23 heavy (non-hydrogen) atoms. The number of sulfonamides is 1. The van der Waals surface area contributed by atoms with Crippen molar-refractivity contribution in [1.29, 1.82) is 0 Å². The van der Waals surface area contributed by atoms with Crippen molar-refractivity contribution in [3.05, 3.63) is 52.7 Å². The van der Waals surface area contributed by atoms with Crippen LogP contribution < -0.4 is 10.0 Å². The fourth-order valence-electron chi connectivity index (χ4n) is 1.65. The van der Waals surface area contributed by atoms with Crippen LogP contribution in [0.4, 0.5) is 13.2 Å². The molecule has 0 saturated carbocycles. The zero-order valence-electron chi connectivity index (χ0n) is 11.5. The van der Waals surface area contributed by atoms with E-state index >= 15 is 0 Å². The molecule has 5 nitrogen and oxygen atoms in total. The molecule has 0 atom stereocenters. The molecule has 0 saturated heterocycles. The van der Waals surface area contributed by atoms with Crippen LogP contribution in [0.25, 0.3) is 0 Å². The second kappa shape index (κ2) is 7.11. The van der Waals surface area contributed by atoms with Crippen molar-refractivity contribution in [2.45, 2.75) is 4.21 Å². The molecule has 0 aliphatic carbocycles. The number of hydrogen-bond acceptors (Lipinski definition) is 4. The Balaban J connectivity index is 1.90. The van der Waals surface area contributed by atoms with Crippen molar-refractivity contribution < 1.29 is 26.4 Å². The second-order valence-corrected chi connectivity index (χ2v) is 7.25. The zero-order chi connectivity index (χ0) is 17.0. The van der Waals surface area contributed by atoms with Crippen molar-refractivity contribution in [1.82, 2.24) is 10.0 Å². The lowest BCUT2D eigenvalue weighted by molar-refractivity contribution is 0.0949. The first-order chi connectivity index (χ1) is 10.8. The average molecular weight is 364 g/mol. The molecule has 10 heteroatoms. The first-order valence-corrected chi connectivity index (χ1v) is 8.64. The standard InChI is InChI=1S/C13H11F3N2O3S2/c14-9-4-3-8(11(15)12(9)16)13(19)17-5-6-18-23(20,21)10-2-1-7-22-10/h1-4,7,18H,5-6H2,(H,17,19). The summed E-state index contributed by atoms with van der Waals surface area (Å²) in [7, 11) is -3.67. The topological polar surface area (TPSA) is 75.3 Å². The fourth-order valence-corrected chi connectivity index (χ4v) is 3.71. The molecular formula is C13H11F3N2O3S2. The summed E-state index contributed by atoms with van der Waals surface area (Å²) in [4.78, 5) is 11.7. The smallest absolute Gasteiger partial charge is 0.254 e. The largest absolute Gasteiger partial charge is 0.351 e. The van der Waals surface area contributed by atoms with Gasteiger partial charge in [-0.1, -0.05) is 6.07 Å². The maximum Gasteiger partial charge on any atom is 0.254 e. The normalized spacial score (nSPS) is 11.4. The number of carbonyl (C=O) groups is 1.